The second kappa shape index (κ2) is 6.53. The van der Waals surface area contributed by atoms with Crippen LogP contribution in [0.15, 0.2) is 42.7 Å². The van der Waals surface area contributed by atoms with E-state index in [0.29, 0.717) is 5.82 Å². The molecular formula is C15H17N5. The van der Waals surface area contributed by atoms with Crippen LogP contribution < -0.4 is 9.80 Å². The third-order valence-electron chi connectivity index (χ3n) is 3.10. The average Bonchev–Trinajstić information content (AvgIpc) is 2.53. The van der Waals surface area contributed by atoms with Crippen LogP contribution in [-0.2, 0) is 6.42 Å². The maximum Gasteiger partial charge on any atom is 0.185 e. The van der Waals surface area contributed by atoms with Gasteiger partial charge in [0.1, 0.15) is 18.0 Å². The van der Waals surface area contributed by atoms with Gasteiger partial charge in [0.2, 0.25) is 0 Å². The molecule has 5 nitrogen and oxygen atoms in total. The minimum absolute atomic E-state index is 0.601. The Morgan fingerprint density at radius 3 is 2.50 bits per heavy atom. The number of nitrogens with zero attached hydrogens (tertiary/aromatic N) is 5. The first-order valence-corrected chi connectivity index (χ1v) is 6.41. The highest BCUT2D eigenvalue weighted by Crippen LogP contribution is 2.15. The maximum absolute atomic E-state index is 8.87. The molecule has 0 atom stereocenters. The van der Waals surface area contributed by atoms with Gasteiger partial charge in [0.05, 0.1) is 0 Å². The van der Waals surface area contributed by atoms with Gasteiger partial charge >= 0.3 is 0 Å². The lowest BCUT2D eigenvalue weighted by Crippen LogP contribution is -2.22. The van der Waals surface area contributed by atoms with E-state index in [9.17, 15) is 0 Å². The summed E-state index contributed by atoms with van der Waals surface area (Å²) in [6, 6.07) is 12.1. The molecule has 0 fully saturated rings. The quantitative estimate of drug-likeness (QED) is 0.613. The number of likely N-dealkylation sites (N-methyl/N-ethyl adjacent to an activating group) is 1. The zero-order valence-electron chi connectivity index (χ0n) is 11.7. The summed E-state index contributed by atoms with van der Waals surface area (Å²) in [5, 5.41) is 8.87. The average molecular weight is 267 g/mol. The zero-order valence-corrected chi connectivity index (χ0v) is 11.7. The molecule has 0 radical (unpaired) electrons. The van der Waals surface area contributed by atoms with Crippen molar-refractivity contribution in [3.8, 4) is 6.19 Å². The van der Waals surface area contributed by atoms with Crippen LogP contribution in [0.4, 0.5) is 11.6 Å². The predicted octanol–water partition coefficient (Wildman–Crippen LogP) is 2.07. The number of anilines is 2. The number of hydrogen-bond acceptors (Lipinski definition) is 5. The molecule has 2 rings (SSSR count). The second-order valence-electron chi connectivity index (χ2n) is 4.55. The fraction of sp³-hybridized carbons (Fsp3) is 0.267. The Morgan fingerprint density at radius 1 is 1.10 bits per heavy atom. The van der Waals surface area contributed by atoms with E-state index in [4.69, 9.17) is 5.26 Å². The number of aromatic nitrogens is 2. The van der Waals surface area contributed by atoms with Gasteiger partial charge in [0.15, 0.2) is 6.19 Å². The first-order chi connectivity index (χ1) is 9.70. The molecule has 1 aromatic carbocycles. The highest BCUT2D eigenvalue weighted by Gasteiger charge is 2.07. The molecule has 0 unspecified atom stereocenters. The molecule has 20 heavy (non-hydrogen) atoms. The van der Waals surface area contributed by atoms with Gasteiger partial charge in [-0.1, -0.05) is 30.3 Å². The van der Waals surface area contributed by atoms with Crippen molar-refractivity contribution in [3.63, 3.8) is 0 Å². The summed E-state index contributed by atoms with van der Waals surface area (Å²) in [5.41, 5.74) is 1.29. The molecule has 5 heteroatoms. The highest BCUT2D eigenvalue weighted by molar-refractivity contribution is 5.51. The molecule has 1 aromatic heterocycles. The van der Waals surface area contributed by atoms with Gasteiger partial charge in [0, 0.05) is 26.7 Å². The van der Waals surface area contributed by atoms with Gasteiger partial charge in [0.25, 0.3) is 0 Å². The van der Waals surface area contributed by atoms with Crippen LogP contribution in [0.3, 0.4) is 0 Å². The first-order valence-electron chi connectivity index (χ1n) is 6.41. The van der Waals surface area contributed by atoms with Crippen molar-refractivity contribution >= 4 is 11.6 Å². The fourth-order valence-electron chi connectivity index (χ4n) is 1.84. The second-order valence-corrected chi connectivity index (χ2v) is 4.55. The molecular weight excluding hydrogens is 250 g/mol. The highest BCUT2D eigenvalue weighted by atomic mass is 15.2. The molecule has 1 heterocycles. The maximum atomic E-state index is 8.87. The fourth-order valence-corrected chi connectivity index (χ4v) is 1.84. The number of nitriles is 1. The standard InChI is InChI=1S/C15H17N5/c1-19(9-8-13-6-4-3-5-7-13)14-10-15(18-12-17-14)20(2)11-16/h3-7,10,12H,8-9H2,1-2H3. The normalized spacial score (nSPS) is 9.85. The van der Waals surface area contributed by atoms with E-state index in [1.54, 1.807) is 7.05 Å². The molecule has 0 saturated heterocycles. The number of hydrogen-bond donors (Lipinski definition) is 0. The lowest BCUT2D eigenvalue weighted by Gasteiger charge is -2.19. The van der Waals surface area contributed by atoms with Gasteiger partial charge in [-0.25, -0.2) is 9.97 Å². The van der Waals surface area contributed by atoms with Crippen LogP contribution in [0.1, 0.15) is 5.56 Å². The summed E-state index contributed by atoms with van der Waals surface area (Å²) in [4.78, 5) is 11.8. The summed E-state index contributed by atoms with van der Waals surface area (Å²) in [6.45, 7) is 0.858. The topological polar surface area (TPSA) is 56.1 Å². The Hall–Kier alpha value is -2.61. The zero-order chi connectivity index (χ0) is 14.4. The first kappa shape index (κ1) is 13.8. The molecule has 0 saturated carbocycles. The van der Waals surface area contributed by atoms with Crippen LogP contribution in [0.25, 0.3) is 0 Å². The molecule has 0 amide bonds. The van der Waals surface area contributed by atoms with E-state index in [1.165, 1.54) is 16.8 Å². The SMILES string of the molecule is CN(C#N)c1cc(N(C)CCc2ccccc2)ncn1. The van der Waals surface area contributed by atoms with Gasteiger partial charge in [-0.15, -0.1) is 0 Å². The van der Waals surface area contributed by atoms with E-state index in [0.717, 1.165) is 18.8 Å². The van der Waals surface area contributed by atoms with E-state index in [-0.39, 0.29) is 0 Å². The van der Waals surface area contributed by atoms with Gasteiger partial charge in [-0.3, -0.25) is 4.90 Å². The number of rotatable bonds is 5. The van der Waals surface area contributed by atoms with Crippen molar-refractivity contribution < 1.29 is 0 Å². The monoisotopic (exact) mass is 267 g/mol. The minimum atomic E-state index is 0.601. The van der Waals surface area contributed by atoms with Crippen LogP contribution in [0.2, 0.25) is 0 Å². The van der Waals surface area contributed by atoms with Gasteiger partial charge in [-0.2, -0.15) is 5.26 Å². The molecule has 0 aliphatic rings. The third-order valence-corrected chi connectivity index (χ3v) is 3.10. The third kappa shape index (κ3) is 3.45. The van der Waals surface area contributed by atoms with E-state index in [2.05, 4.69) is 27.0 Å². The van der Waals surface area contributed by atoms with Crippen molar-refractivity contribution in [1.82, 2.24) is 9.97 Å². The van der Waals surface area contributed by atoms with E-state index in [1.807, 2.05) is 37.5 Å². The largest absolute Gasteiger partial charge is 0.359 e. The van der Waals surface area contributed by atoms with Crippen LogP contribution >= 0.6 is 0 Å². The Balaban J connectivity index is 2.02. The van der Waals surface area contributed by atoms with Crippen LogP contribution in [-0.4, -0.2) is 30.6 Å². The molecule has 0 aliphatic heterocycles. The summed E-state index contributed by atoms with van der Waals surface area (Å²) in [7, 11) is 3.66. The molecule has 0 N–H and O–H groups in total. The Bertz CT molecular complexity index is 591. The molecule has 0 aliphatic carbocycles. The Labute approximate surface area is 119 Å². The van der Waals surface area contributed by atoms with E-state index < -0.39 is 0 Å². The van der Waals surface area contributed by atoms with E-state index >= 15 is 0 Å². The van der Waals surface area contributed by atoms with Crippen LogP contribution in [0.5, 0.6) is 0 Å². The molecule has 102 valence electrons. The summed E-state index contributed by atoms with van der Waals surface area (Å²) in [5.74, 6) is 1.41. The molecule has 0 bridgehead atoms. The Kier molecular flexibility index (Phi) is 4.51. The predicted molar refractivity (Wildman–Crippen MR) is 79.5 cm³/mol. The van der Waals surface area contributed by atoms with Crippen molar-refractivity contribution in [1.29, 1.82) is 5.26 Å². The summed E-state index contributed by atoms with van der Waals surface area (Å²) in [6.07, 6.45) is 4.46. The summed E-state index contributed by atoms with van der Waals surface area (Å²) >= 11 is 0. The molecule has 2 aromatic rings. The Morgan fingerprint density at radius 2 is 1.80 bits per heavy atom. The van der Waals surface area contributed by atoms with Crippen molar-refractivity contribution in [3.05, 3.63) is 48.3 Å². The van der Waals surface area contributed by atoms with Gasteiger partial charge < -0.3 is 4.90 Å². The van der Waals surface area contributed by atoms with Crippen LogP contribution in [0, 0.1) is 11.5 Å². The summed E-state index contributed by atoms with van der Waals surface area (Å²) < 4.78 is 0. The molecule has 0 spiro atoms. The smallest absolute Gasteiger partial charge is 0.185 e. The van der Waals surface area contributed by atoms with Crippen molar-refractivity contribution in [2.45, 2.75) is 6.42 Å². The minimum Gasteiger partial charge on any atom is -0.359 e. The number of benzene rings is 1. The van der Waals surface area contributed by atoms with Crippen molar-refractivity contribution in [2.75, 3.05) is 30.4 Å². The lowest BCUT2D eigenvalue weighted by atomic mass is 10.1. The van der Waals surface area contributed by atoms with Crippen molar-refractivity contribution in [2.24, 2.45) is 0 Å². The lowest BCUT2D eigenvalue weighted by molar-refractivity contribution is 0.854. The van der Waals surface area contributed by atoms with Gasteiger partial charge in [-0.05, 0) is 12.0 Å².